The molecule has 27 heavy (non-hydrogen) atoms. The van der Waals surface area contributed by atoms with Gasteiger partial charge in [0.1, 0.15) is 0 Å². The Kier molecular flexibility index (Phi) is 5.34. The van der Waals surface area contributed by atoms with Gasteiger partial charge in [0, 0.05) is 43.4 Å². The van der Waals surface area contributed by atoms with Gasteiger partial charge >= 0.3 is 0 Å². The average Bonchev–Trinajstić information content (AvgIpc) is 3.29. The molecule has 142 valence electrons. The van der Waals surface area contributed by atoms with Crippen molar-refractivity contribution in [3.63, 3.8) is 0 Å². The molecule has 0 aliphatic carbocycles. The quantitative estimate of drug-likeness (QED) is 0.847. The predicted molar refractivity (Wildman–Crippen MR) is 102 cm³/mol. The van der Waals surface area contributed by atoms with Crippen LogP contribution in [0.4, 0.5) is 0 Å². The zero-order valence-corrected chi connectivity index (χ0v) is 15.4. The summed E-state index contributed by atoms with van der Waals surface area (Å²) in [6, 6.07) is 10.2. The van der Waals surface area contributed by atoms with Crippen LogP contribution < -0.4 is 5.32 Å². The first-order valence-corrected chi connectivity index (χ1v) is 9.68. The molecule has 2 atom stereocenters. The number of likely N-dealkylation sites (tertiary alicyclic amines) is 1. The topological polar surface area (TPSA) is 71.5 Å². The smallest absolute Gasteiger partial charge is 0.222 e. The highest BCUT2D eigenvalue weighted by molar-refractivity contribution is 5.82. The molecular weight excluding hydrogens is 342 g/mol. The second kappa shape index (κ2) is 8.05. The molecule has 0 bridgehead atoms. The molecule has 2 fully saturated rings. The summed E-state index contributed by atoms with van der Waals surface area (Å²) in [6.45, 7) is 2.47. The van der Waals surface area contributed by atoms with E-state index >= 15 is 0 Å². The molecule has 3 heterocycles. The molecule has 4 rings (SSSR count). The number of para-hydroxylation sites is 1. The lowest BCUT2D eigenvalue weighted by Gasteiger charge is -2.21. The Hall–Kier alpha value is -2.47. The molecule has 1 N–H and O–H groups in total. The number of rotatable bonds is 6. The summed E-state index contributed by atoms with van der Waals surface area (Å²) in [5, 5.41) is 4.28. The van der Waals surface area contributed by atoms with Crippen molar-refractivity contribution in [2.75, 3.05) is 26.3 Å². The lowest BCUT2D eigenvalue weighted by Crippen LogP contribution is -2.42. The second-order valence-electron chi connectivity index (χ2n) is 7.40. The van der Waals surface area contributed by atoms with Gasteiger partial charge in [-0.1, -0.05) is 18.2 Å². The standard InChI is InChI=1S/C21H25N3O3/c25-20(8-11-24-10-3-6-21(24)26)23-19-14-27-13-16(19)12-15-7-9-22-18-5-2-1-4-17(15)18/h1-2,4-5,7,9,16,19H,3,6,8,10-14H2,(H,23,25)/t16-,19+/m1/s1. The van der Waals surface area contributed by atoms with E-state index in [4.69, 9.17) is 4.74 Å². The number of pyridine rings is 1. The Balaban J connectivity index is 1.36. The van der Waals surface area contributed by atoms with Gasteiger partial charge in [-0.3, -0.25) is 14.6 Å². The molecule has 1 aromatic heterocycles. The Labute approximate surface area is 158 Å². The van der Waals surface area contributed by atoms with Crippen LogP contribution in [0.5, 0.6) is 0 Å². The predicted octanol–water partition coefficient (Wildman–Crippen LogP) is 1.92. The highest BCUT2D eigenvalue weighted by Crippen LogP contribution is 2.24. The number of aromatic nitrogens is 1. The fourth-order valence-corrected chi connectivity index (χ4v) is 4.03. The van der Waals surface area contributed by atoms with E-state index in [1.807, 2.05) is 24.4 Å². The van der Waals surface area contributed by atoms with Gasteiger partial charge in [0.05, 0.1) is 24.8 Å². The van der Waals surface area contributed by atoms with Crippen LogP contribution in [0.15, 0.2) is 36.5 Å². The van der Waals surface area contributed by atoms with E-state index in [0.717, 1.165) is 30.3 Å². The number of benzene rings is 1. The van der Waals surface area contributed by atoms with E-state index in [9.17, 15) is 9.59 Å². The normalized spacial score (nSPS) is 22.5. The van der Waals surface area contributed by atoms with Crippen molar-refractivity contribution in [1.82, 2.24) is 15.2 Å². The van der Waals surface area contributed by atoms with Crippen LogP contribution in [0.3, 0.4) is 0 Å². The third-order valence-corrected chi connectivity index (χ3v) is 5.55. The van der Waals surface area contributed by atoms with E-state index in [1.54, 1.807) is 4.90 Å². The second-order valence-corrected chi connectivity index (χ2v) is 7.40. The Bertz CT molecular complexity index is 833. The highest BCUT2D eigenvalue weighted by Gasteiger charge is 2.30. The molecule has 2 amide bonds. The first-order chi connectivity index (χ1) is 13.2. The fourth-order valence-electron chi connectivity index (χ4n) is 4.03. The summed E-state index contributed by atoms with van der Waals surface area (Å²) in [7, 11) is 0. The molecule has 0 radical (unpaired) electrons. The largest absolute Gasteiger partial charge is 0.379 e. The Morgan fingerprint density at radius 1 is 1.26 bits per heavy atom. The Morgan fingerprint density at radius 3 is 3.00 bits per heavy atom. The number of amides is 2. The van der Waals surface area contributed by atoms with Crippen molar-refractivity contribution in [3.8, 4) is 0 Å². The molecule has 6 heteroatoms. The lowest BCUT2D eigenvalue weighted by atomic mass is 9.93. The lowest BCUT2D eigenvalue weighted by molar-refractivity contribution is -0.128. The number of hydrogen-bond donors (Lipinski definition) is 1. The number of nitrogens with one attached hydrogen (secondary N) is 1. The Morgan fingerprint density at radius 2 is 2.15 bits per heavy atom. The summed E-state index contributed by atoms with van der Waals surface area (Å²) in [5.74, 6) is 0.400. The maximum atomic E-state index is 12.4. The molecule has 0 saturated carbocycles. The van der Waals surface area contributed by atoms with Crippen LogP contribution in [0, 0.1) is 5.92 Å². The summed E-state index contributed by atoms with van der Waals surface area (Å²) >= 11 is 0. The van der Waals surface area contributed by atoms with Crippen molar-refractivity contribution in [2.45, 2.75) is 31.7 Å². The molecule has 0 spiro atoms. The van der Waals surface area contributed by atoms with E-state index in [0.29, 0.717) is 32.6 Å². The van der Waals surface area contributed by atoms with Crippen LogP contribution in [0.1, 0.15) is 24.8 Å². The maximum absolute atomic E-state index is 12.4. The molecule has 2 aliphatic rings. The zero-order valence-electron chi connectivity index (χ0n) is 15.4. The van der Waals surface area contributed by atoms with E-state index < -0.39 is 0 Å². The number of hydrogen-bond acceptors (Lipinski definition) is 4. The summed E-state index contributed by atoms with van der Waals surface area (Å²) in [6.07, 6.45) is 4.55. The number of ether oxygens (including phenoxy) is 1. The van der Waals surface area contributed by atoms with Crippen LogP contribution >= 0.6 is 0 Å². The highest BCUT2D eigenvalue weighted by atomic mass is 16.5. The van der Waals surface area contributed by atoms with Gasteiger partial charge in [-0.2, -0.15) is 0 Å². The molecule has 2 aromatic rings. The van der Waals surface area contributed by atoms with E-state index in [-0.39, 0.29) is 23.8 Å². The molecule has 2 saturated heterocycles. The number of carbonyl (C=O) groups is 2. The minimum Gasteiger partial charge on any atom is -0.379 e. The number of nitrogens with zero attached hydrogens (tertiary/aromatic N) is 2. The average molecular weight is 367 g/mol. The SMILES string of the molecule is O=C(CCN1CCCC1=O)N[C@H]1COC[C@H]1Cc1ccnc2ccccc12. The first-order valence-electron chi connectivity index (χ1n) is 9.68. The van der Waals surface area contributed by atoms with Gasteiger partial charge in [-0.05, 0) is 30.5 Å². The van der Waals surface area contributed by atoms with Gasteiger partial charge < -0.3 is 15.0 Å². The maximum Gasteiger partial charge on any atom is 0.222 e. The van der Waals surface area contributed by atoms with Gasteiger partial charge in [0.15, 0.2) is 0 Å². The molecule has 6 nitrogen and oxygen atoms in total. The molecule has 1 aromatic carbocycles. The monoisotopic (exact) mass is 367 g/mol. The minimum absolute atomic E-state index is 0.00483. The molecule has 2 aliphatic heterocycles. The third kappa shape index (κ3) is 4.11. The van der Waals surface area contributed by atoms with Crippen molar-refractivity contribution < 1.29 is 14.3 Å². The number of carbonyl (C=O) groups excluding carboxylic acids is 2. The van der Waals surface area contributed by atoms with Crippen molar-refractivity contribution in [1.29, 1.82) is 0 Å². The molecular formula is C21H25N3O3. The van der Waals surface area contributed by atoms with Crippen LogP contribution in [-0.4, -0.2) is 54.0 Å². The fraction of sp³-hybridized carbons (Fsp3) is 0.476. The molecule has 0 unspecified atom stereocenters. The van der Waals surface area contributed by atoms with Gasteiger partial charge in [-0.15, -0.1) is 0 Å². The van der Waals surface area contributed by atoms with E-state index in [1.165, 1.54) is 5.56 Å². The van der Waals surface area contributed by atoms with E-state index in [2.05, 4.69) is 22.4 Å². The van der Waals surface area contributed by atoms with Crippen molar-refractivity contribution in [2.24, 2.45) is 5.92 Å². The zero-order chi connectivity index (χ0) is 18.6. The van der Waals surface area contributed by atoms with Gasteiger partial charge in [-0.25, -0.2) is 0 Å². The number of fused-ring (bicyclic) bond motifs is 1. The van der Waals surface area contributed by atoms with Crippen molar-refractivity contribution in [3.05, 3.63) is 42.1 Å². The van der Waals surface area contributed by atoms with Crippen molar-refractivity contribution >= 4 is 22.7 Å². The van der Waals surface area contributed by atoms with Crippen LogP contribution in [0.2, 0.25) is 0 Å². The summed E-state index contributed by atoms with van der Waals surface area (Å²) in [4.78, 5) is 30.2. The van der Waals surface area contributed by atoms with Gasteiger partial charge in [0.25, 0.3) is 0 Å². The minimum atomic E-state index is -0.00483. The van der Waals surface area contributed by atoms with Crippen LogP contribution in [-0.2, 0) is 20.7 Å². The van der Waals surface area contributed by atoms with Crippen LogP contribution in [0.25, 0.3) is 10.9 Å². The third-order valence-electron chi connectivity index (χ3n) is 5.55. The summed E-state index contributed by atoms with van der Waals surface area (Å²) in [5.41, 5.74) is 2.22. The summed E-state index contributed by atoms with van der Waals surface area (Å²) < 4.78 is 5.65. The first kappa shape index (κ1) is 17.9. The van der Waals surface area contributed by atoms with Gasteiger partial charge in [0.2, 0.25) is 11.8 Å².